The predicted octanol–water partition coefficient (Wildman–Crippen LogP) is 2.64. The second-order valence-corrected chi connectivity index (χ2v) is 8.70. The number of aliphatic hydroxyl groups excluding tert-OH is 1. The number of benzene rings is 1. The molecular formula is C25H30N2O7. The Morgan fingerprint density at radius 2 is 2.21 bits per heavy atom. The number of aliphatic hydroxyl groups is 2. The molecular weight excluding hydrogens is 440 g/mol. The number of carbonyl (C=O) groups is 1. The van der Waals surface area contributed by atoms with Gasteiger partial charge in [-0.3, -0.25) is 0 Å². The fourth-order valence-corrected chi connectivity index (χ4v) is 3.90. The molecule has 0 aliphatic carbocycles. The quantitative estimate of drug-likeness (QED) is 0.425. The minimum Gasteiger partial charge on any atom is -0.492 e. The number of nitrogens with zero attached hydrogens (tertiary/aromatic N) is 2. The van der Waals surface area contributed by atoms with Crippen molar-refractivity contribution in [3.05, 3.63) is 53.8 Å². The number of fused-ring (bicyclic) bond motifs is 2. The highest BCUT2D eigenvalue weighted by atomic mass is 16.6. The van der Waals surface area contributed by atoms with E-state index in [1.54, 1.807) is 45.4 Å². The normalized spacial score (nSPS) is 18.0. The van der Waals surface area contributed by atoms with Crippen molar-refractivity contribution in [2.45, 2.75) is 51.9 Å². The van der Waals surface area contributed by atoms with Gasteiger partial charge < -0.3 is 33.7 Å². The van der Waals surface area contributed by atoms with Crippen molar-refractivity contribution >= 4 is 11.5 Å². The minimum absolute atomic E-state index is 0.00720. The van der Waals surface area contributed by atoms with Crippen LogP contribution in [-0.4, -0.2) is 57.3 Å². The lowest BCUT2D eigenvalue weighted by molar-refractivity contribution is -0.141. The van der Waals surface area contributed by atoms with E-state index in [2.05, 4.69) is 4.98 Å². The molecule has 0 amide bonds. The van der Waals surface area contributed by atoms with Gasteiger partial charge in [-0.25, -0.2) is 9.78 Å². The first-order chi connectivity index (χ1) is 16.3. The summed E-state index contributed by atoms with van der Waals surface area (Å²) in [5.74, 6) is 0.981. The smallest absolute Gasteiger partial charge is 0.374 e. The second-order valence-electron chi connectivity index (χ2n) is 8.70. The van der Waals surface area contributed by atoms with Crippen molar-refractivity contribution in [1.82, 2.24) is 9.55 Å². The first-order valence-electron chi connectivity index (χ1n) is 11.4. The van der Waals surface area contributed by atoms with Gasteiger partial charge in [0.15, 0.2) is 0 Å². The molecule has 2 aromatic rings. The first kappa shape index (κ1) is 23.8. The van der Waals surface area contributed by atoms with Crippen LogP contribution in [0, 0.1) is 0 Å². The topological polar surface area (TPSA) is 112 Å². The van der Waals surface area contributed by atoms with E-state index in [0.717, 1.165) is 11.1 Å². The summed E-state index contributed by atoms with van der Waals surface area (Å²) < 4.78 is 25.2. The molecule has 0 fully saturated rings. The van der Waals surface area contributed by atoms with Crippen molar-refractivity contribution in [2.75, 3.05) is 19.8 Å². The zero-order valence-electron chi connectivity index (χ0n) is 19.6. The molecule has 2 aliphatic rings. The van der Waals surface area contributed by atoms with Crippen LogP contribution in [0.15, 0.2) is 42.7 Å². The van der Waals surface area contributed by atoms with Crippen molar-refractivity contribution < 1.29 is 34.0 Å². The van der Waals surface area contributed by atoms with E-state index in [1.807, 2.05) is 16.8 Å². The number of esters is 1. The van der Waals surface area contributed by atoms with Crippen LogP contribution < -0.4 is 14.2 Å². The highest BCUT2D eigenvalue weighted by Crippen LogP contribution is 2.50. The fourth-order valence-electron chi connectivity index (χ4n) is 3.90. The SMILES string of the molecule is CCOC(=O)C1=C/C(=C\Cn2ccnc2)c2c(cc3c(c2OCCCO)C[C@@H](C(C)(C)O)O3)O1. The van der Waals surface area contributed by atoms with Gasteiger partial charge in [-0.05, 0) is 32.4 Å². The number of ether oxygens (including phenoxy) is 4. The number of hydrogen-bond acceptors (Lipinski definition) is 8. The molecule has 2 aliphatic heterocycles. The minimum atomic E-state index is -1.07. The Labute approximate surface area is 198 Å². The van der Waals surface area contributed by atoms with Gasteiger partial charge in [-0.1, -0.05) is 6.08 Å². The highest BCUT2D eigenvalue weighted by molar-refractivity contribution is 5.95. The molecule has 34 heavy (non-hydrogen) atoms. The van der Waals surface area contributed by atoms with Gasteiger partial charge in [0.1, 0.15) is 23.4 Å². The van der Waals surface area contributed by atoms with Crippen LogP contribution >= 0.6 is 0 Å². The summed E-state index contributed by atoms with van der Waals surface area (Å²) in [5, 5.41) is 19.8. The fraction of sp³-hybridized carbons (Fsp3) is 0.440. The number of allylic oxidation sites excluding steroid dienone is 3. The van der Waals surface area contributed by atoms with E-state index in [0.29, 0.717) is 42.2 Å². The van der Waals surface area contributed by atoms with Gasteiger partial charge in [0.2, 0.25) is 5.76 Å². The maximum atomic E-state index is 12.5. The van der Waals surface area contributed by atoms with Crippen LogP contribution in [0.2, 0.25) is 0 Å². The van der Waals surface area contributed by atoms with Crippen molar-refractivity contribution in [3.63, 3.8) is 0 Å². The summed E-state index contributed by atoms with van der Waals surface area (Å²) in [5.41, 5.74) is 1.15. The average molecular weight is 471 g/mol. The molecule has 3 heterocycles. The molecule has 0 saturated carbocycles. The molecule has 0 saturated heterocycles. The third kappa shape index (κ3) is 4.95. The molecule has 1 aromatic heterocycles. The standard InChI is InChI=1S/C25H30N2O7/c1-4-31-24(29)20-12-16(6-8-27-9-7-26-15-27)22-19(33-20)14-18-17(23(22)32-11-5-10-28)13-21(34-18)25(2,3)30/h6-7,9,12,14-15,21,28,30H,4-5,8,10-11,13H2,1-3H3/b16-6+/t21-/m0/s1. The van der Waals surface area contributed by atoms with Crippen molar-refractivity contribution in [2.24, 2.45) is 0 Å². The summed E-state index contributed by atoms with van der Waals surface area (Å²) in [6, 6.07) is 1.73. The second kappa shape index (κ2) is 9.90. The zero-order valence-corrected chi connectivity index (χ0v) is 19.6. The third-order valence-electron chi connectivity index (χ3n) is 5.66. The molecule has 0 spiro atoms. The van der Waals surface area contributed by atoms with Crippen LogP contribution in [0.4, 0.5) is 0 Å². The van der Waals surface area contributed by atoms with Crippen molar-refractivity contribution in [1.29, 1.82) is 0 Å². The summed E-state index contributed by atoms with van der Waals surface area (Å²) in [6.07, 6.45) is 9.27. The van der Waals surface area contributed by atoms with E-state index in [-0.39, 0.29) is 25.6 Å². The molecule has 1 atom stereocenters. The number of imidazole rings is 1. The highest BCUT2D eigenvalue weighted by Gasteiger charge is 2.39. The number of aromatic nitrogens is 2. The summed E-state index contributed by atoms with van der Waals surface area (Å²) in [4.78, 5) is 16.6. The maximum absolute atomic E-state index is 12.5. The Bertz CT molecular complexity index is 1100. The third-order valence-corrected chi connectivity index (χ3v) is 5.66. The van der Waals surface area contributed by atoms with Crippen LogP contribution in [0.3, 0.4) is 0 Å². The summed E-state index contributed by atoms with van der Waals surface area (Å²) in [6.45, 7) is 6.14. The summed E-state index contributed by atoms with van der Waals surface area (Å²) >= 11 is 0. The molecule has 4 rings (SSSR count). The molecule has 9 nitrogen and oxygen atoms in total. The van der Waals surface area contributed by atoms with Gasteiger partial charge in [0.05, 0.1) is 30.7 Å². The zero-order chi connectivity index (χ0) is 24.3. The Morgan fingerprint density at radius 1 is 1.38 bits per heavy atom. The van der Waals surface area contributed by atoms with Gasteiger partial charge in [0, 0.05) is 50.0 Å². The first-order valence-corrected chi connectivity index (χ1v) is 11.4. The lowest BCUT2D eigenvalue weighted by Gasteiger charge is -2.24. The largest absolute Gasteiger partial charge is 0.492 e. The predicted molar refractivity (Wildman–Crippen MR) is 124 cm³/mol. The molecule has 182 valence electrons. The van der Waals surface area contributed by atoms with Gasteiger partial charge in [0.25, 0.3) is 0 Å². The molecule has 0 radical (unpaired) electrons. The van der Waals surface area contributed by atoms with Gasteiger partial charge in [-0.15, -0.1) is 0 Å². The Morgan fingerprint density at radius 3 is 2.88 bits per heavy atom. The molecule has 2 N–H and O–H groups in total. The molecule has 0 unspecified atom stereocenters. The van der Waals surface area contributed by atoms with Crippen LogP contribution in [0.1, 0.15) is 38.3 Å². The Kier molecular flexibility index (Phi) is 6.95. The Balaban J connectivity index is 1.82. The number of hydrogen-bond donors (Lipinski definition) is 2. The maximum Gasteiger partial charge on any atom is 0.374 e. The van der Waals surface area contributed by atoms with Crippen molar-refractivity contribution in [3.8, 4) is 17.2 Å². The van der Waals surface area contributed by atoms with E-state index in [9.17, 15) is 15.0 Å². The van der Waals surface area contributed by atoms with E-state index < -0.39 is 17.7 Å². The number of carbonyl (C=O) groups excluding carboxylic acids is 1. The van der Waals surface area contributed by atoms with Crippen LogP contribution in [-0.2, 0) is 22.5 Å². The van der Waals surface area contributed by atoms with E-state index >= 15 is 0 Å². The Hall–Kier alpha value is -3.30. The summed E-state index contributed by atoms with van der Waals surface area (Å²) in [7, 11) is 0. The van der Waals surface area contributed by atoms with Gasteiger partial charge in [-0.2, -0.15) is 0 Å². The van der Waals surface area contributed by atoms with Crippen LogP contribution in [0.25, 0.3) is 5.57 Å². The van der Waals surface area contributed by atoms with Gasteiger partial charge >= 0.3 is 5.97 Å². The van der Waals surface area contributed by atoms with E-state index in [1.165, 1.54) is 0 Å². The lowest BCUT2D eigenvalue weighted by atomic mass is 9.92. The van der Waals surface area contributed by atoms with E-state index in [4.69, 9.17) is 18.9 Å². The number of rotatable bonds is 9. The molecule has 0 bridgehead atoms. The van der Waals surface area contributed by atoms with Crippen LogP contribution in [0.5, 0.6) is 17.2 Å². The average Bonchev–Trinajstić information content (AvgIpc) is 3.46. The molecule has 1 aromatic carbocycles. The monoisotopic (exact) mass is 470 g/mol. The molecule has 9 heteroatoms. The lowest BCUT2D eigenvalue weighted by Crippen LogP contribution is -2.39.